The smallest absolute Gasteiger partial charge is 0.421 e. The third-order valence-corrected chi connectivity index (χ3v) is 6.64. The van der Waals surface area contributed by atoms with Gasteiger partial charge in [-0.15, -0.1) is 0 Å². The number of esters is 1. The first-order valence-corrected chi connectivity index (χ1v) is 14.2. The third kappa shape index (κ3) is 10.0. The average molecular weight is 557 g/mol. The van der Waals surface area contributed by atoms with Gasteiger partial charge in [0.15, 0.2) is 11.6 Å². The third-order valence-electron chi connectivity index (χ3n) is 6.64. The predicted molar refractivity (Wildman–Crippen MR) is 151 cm³/mol. The highest BCUT2D eigenvalue weighted by Gasteiger charge is 2.47. The van der Waals surface area contributed by atoms with Gasteiger partial charge in [0.2, 0.25) is 0 Å². The van der Waals surface area contributed by atoms with E-state index in [1.54, 1.807) is 0 Å². The fraction of sp³-hybridized carbons (Fsp3) is 0.469. The fourth-order valence-electron chi connectivity index (χ4n) is 4.32. The number of carbonyl (C=O) groups excluding carboxylic acids is 1. The van der Waals surface area contributed by atoms with Gasteiger partial charge >= 0.3 is 12.1 Å². The normalized spacial score (nSPS) is 12.3. The SMILES string of the molecule is CCCCCCCc1ccc(-c2ccc(-c3ncc(OC(=O)C(OCCCCCC)C(F)(F)F)cn3)cc2)cc1. The highest BCUT2D eigenvalue weighted by Crippen LogP contribution is 2.27. The molecule has 2 aromatic carbocycles. The second kappa shape index (κ2) is 16.1. The second-order valence-corrected chi connectivity index (χ2v) is 9.96. The molecule has 0 amide bonds. The molecule has 0 fully saturated rings. The average Bonchev–Trinajstić information content (AvgIpc) is 2.95. The summed E-state index contributed by atoms with van der Waals surface area (Å²) < 4.78 is 49.7. The maximum atomic E-state index is 13.3. The molecule has 40 heavy (non-hydrogen) atoms. The molecule has 216 valence electrons. The first kappa shape index (κ1) is 31.3. The van der Waals surface area contributed by atoms with Crippen LogP contribution in [0.25, 0.3) is 22.5 Å². The van der Waals surface area contributed by atoms with Crippen LogP contribution in [0.15, 0.2) is 60.9 Å². The Balaban J connectivity index is 1.55. The summed E-state index contributed by atoms with van der Waals surface area (Å²) in [5, 5.41) is 0. The molecule has 1 aromatic heterocycles. The zero-order chi connectivity index (χ0) is 28.8. The Bertz CT molecular complexity index is 1150. The van der Waals surface area contributed by atoms with Crippen LogP contribution in [-0.2, 0) is 16.0 Å². The van der Waals surface area contributed by atoms with Crippen molar-refractivity contribution in [2.75, 3.05) is 6.61 Å². The van der Waals surface area contributed by atoms with Crippen molar-refractivity contribution in [1.29, 1.82) is 0 Å². The summed E-state index contributed by atoms with van der Waals surface area (Å²) in [7, 11) is 0. The van der Waals surface area contributed by atoms with Gasteiger partial charge in [0, 0.05) is 12.2 Å². The molecule has 5 nitrogen and oxygen atoms in total. The van der Waals surface area contributed by atoms with Gasteiger partial charge in [-0.1, -0.05) is 107 Å². The summed E-state index contributed by atoms with van der Waals surface area (Å²) >= 11 is 0. The molecule has 1 atom stereocenters. The zero-order valence-corrected chi connectivity index (χ0v) is 23.4. The Labute approximate surface area is 235 Å². The van der Waals surface area contributed by atoms with Crippen LogP contribution in [0.4, 0.5) is 13.2 Å². The molecule has 0 spiro atoms. The van der Waals surface area contributed by atoms with E-state index in [-0.39, 0.29) is 12.4 Å². The Morgan fingerprint density at radius 3 is 1.85 bits per heavy atom. The largest absolute Gasteiger partial charge is 0.425 e. The maximum Gasteiger partial charge on any atom is 0.425 e. The number of unbranched alkanes of at least 4 members (excludes halogenated alkanes) is 7. The zero-order valence-electron chi connectivity index (χ0n) is 23.4. The van der Waals surface area contributed by atoms with Crippen LogP contribution >= 0.6 is 0 Å². The van der Waals surface area contributed by atoms with Gasteiger partial charge in [-0.05, 0) is 36.0 Å². The van der Waals surface area contributed by atoms with E-state index < -0.39 is 18.2 Å². The molecular formula is C32H39F3N2O3. The monoisotopic (exact) mass is 556 g/mol. The Kier molecular flexibility index (Phi) is 12.6. The van der Waals surface area contributed by atoms with E-state index in [2.05, 4.69) is 41.2 Å². The first-order valence-electron chi connectivity index (χ1n) is 14.2. The molecule has 0 saturated carbocycles. The second-order valence-electron chi connectivity index (χ2n) is 9.96. The minimum Gasteiger partial charge on any atom is -0.421 e. The van der Waals surface area contributed by atoms with Crippen LogP contribution in [0.5, 0.6) is 5.75 Å². The van der Waals surface area contributed by atoms with E-state index in [1.807, 2.05) is 31.2 Å². The molecule has 0 bridgehead atoms. The maximum absolute atomic E-state index is 13.3. The molecule has 0 radical (unpaired) electrons. The topological polar surface area (TPSA) is 61.3 Å². The van der Waals surface area contributed by atoms with E-state index in [9.17, 15) is 18.0 Å². The van der Waals surface area contributed by atoms with Crippen LogP contribution < -0.4 is 4.74 Å². The molecule has 0 N–H and O–H groups in total. The van der Waals surface area contributed by atoms with Crippen LogP contribution in [-0.4, -0.2) is 34.8 Å². The molecule has 3 aromatic rings. The summed E-state index contributed by atoms with van der Waals surface area (Å²) in [4.78, 5) is 20.5. The van der Waals surface area contributed by atoms with Crippen molar-refractivity contribution in [1.82, 2.24) is 9.97 Å². The summed E-state index contributed by atoms with van der Waals surface area (Å²) in [5.74, 6) is -1.35. The summed E-state index contributed by atoms with van der Waals surface area (Å²) in [6.45, 7) is 4.04. The number of hydrogen-bond donors (Lipinski definition) is 0. The van der Waals surface area contributed by atoms with Gasteiger partial charge in [-0.25, -0.2) is 14.8 Å². The molecule has 1 heterocycles. The van der Waals surface area contributed by atoms with Crippen LogP contribution in [0.2, 0.25) is 0 Å². The van der Waals surface area contributed by atoms with E-state index in [0.29, 0.717) is 12.2 Å². The fourth-order valence-corrected chi connectivity index (χ4v) is 4.32. The minimum absolute atomic E-state index is 0.173. The molecule has 0 aliphatic carbocycles. The van der Waals surface area contributed by atoms with Gasteiger partial charge in [0.25, 0.3) is 6.10 Å². The van der Waals surface area contributed by atoms with Crippen molar-refractivity contribution < 1.29 is 27.4 Å². The summed E-state index contributed by atoms with van der Waals surface area (Å²) in [5.41, 5.74) is 4.23. The molecule has 0 aliphatic heterocycles. The number of rotatable bonds is 16. The Hall–Kier alpha value is -3.26. The summed E-state index contributed by atoms with van der Waals surface area (Å²) in [6.07, 6.45) is 5.27. The molecule has 1 unspecified atom stereocenters. The van der Waals surface area contributed by atoms with Gasteiger partial charge < -0.3 is 9.47 Å². The van der Waals surface area contributed by atoms with Gasteiger partial charge in [0.1, 0.15) is 0 Å². The molecule has 3 rings (SSSR count). The predicted octanol–water partition coefficient (Wildman–Crippen LogP) is 8.76. The van der Waals surface area contributed by atoms with Crippen LogP contribution in [0, 0.1) is 0 Å². The number of nitrogens with zero attached hydrogens (tertiary/aromatic N) is 2. The molecule has 0 aliphatic rings. The van der Waals surface area contributed by atoms with Crippen molar-refractivity contribution in [3.05, 3.63) is 66.5 Å². The lowest BCUT2D eigenvalue weighted by Crippen LogP contribution is -2.42. The van der Waals surface area contributed by atoms with Crippen molar-refractivity contribution >= 4 is 5.97 Å². The highest BCUT2D eigenvalue weighted by molar-refractivity contribution is 5.78. The molecular weight excluding hydrogens is 517 g/mol. The first-order chi connectivity index (χ1) is 19.3. The van der Waals surface area contributed by atoms with Crippen LogP contribution in [0.1, 0.15) is 77.2 Å². The van der Waals surface area contributed by atoms with Gasteiger partial charge in [-0.3, -0.25) is 0 Å². The van der Waals surface area contributed by atoms with Gasteiger partial charge in [0.05, 0.1) is 12.4 Å². The number of aryl methyl sites for hydroxylation is 1. The molecule has 0 saturated heterocycles. The van der Waals surface area contributed by atoms with E-state index >= 15 is 0 Å². The van der Waals surface area contributed by atoms with Crippen molar-refractivity contribution in [2.45, 2.75) is 90.3 Å². The lowest BCUT2D eigenvalue weighted by atomic mass is 10.00. The molecule has 8 heteroatoms. The Morgan fingerprint density at radius 1 is 0.750 bits per heavy atom. The van der Waals surface area contributed by atoms with Crippen molar-refractivity contribution in [3.63, 3.8) is 0 Å². The van der Waals surface area contributed by atoms with E-state index in [4.69, 9.17) is 9.47 Å². The van der Waals surface area contributed by atoms with E-state index in [1.165, 1.54) is 50.1 Å². The number of carbonyl (C=O) groups is 1. The number of alkyl halides is 3. The minimum atomic E-state index is -4.88. The number of aromatic nitrogens is 2. The standard InChI is InChI=1S/C32H39F3N2O3/c1-3-5-7-9-10-12-24-13-15-25(16-14-24)26-17-19-27(20-18-26)30-36-22-28(23-37-30)40-31(38)29(32(33,34)35)39-21-11-8-6-4-2/h13-20,22-23,29H,3-12,21H2,1-2H3. The number of hydrogen-bond acceptors (Lipinski definition) is 5. The van der Waals surface area contributed by atoms with Crippen molar-refractivity contribution in [2.24, 2.45) is 0 Å². The van der Waals surface area contributed by atoms with Crippen LogP contribution in [0.3, 0.4) is 0 Å². The van der Waals surface area contributed by atoms with Gasteiger partial charge in [-0.2, -0.15) is 13.2 Å². The quantitative estimate of drug-likeness (QED) is 0.130. The number of benzene rings is 2. The van der Waals surface area contributed by atoms with E-state index in [0.717, 1.165) is 42.4 Å². The lowest BCUT2D eigenvalue weighted by molar-refractivity contribution is -0.225. The highest BCUT2D eigenvalue weighted by atomic mass is 19.4. The number of halogens is 3. The number of ether oxygens (including phenoxy) is 2. The summed E-state index contributed by atoms with van der Waals surface area (Å²) in [6, 6.07) is 16.3. The Morgan fingerprint density at radius 2 is 1.27 bits per heavy atom. The van der Waals surface area contributed by atoms with Crippen molar-refractivity contribution in [3.8, 4) is 28.3 Å². The lowest BCUT2D eigenvalue weighted by Gasteiger charge is -2.19.